The van der Waals surface area contributed by atoms with Crippen molar-refractivity contribution in [2.45, 2.75) is 51.8 Å². The number of carbonyl (C=O) groups is 2. The van der Waals surface area contributed by atoms with Crippen molar-refractivity contribution < 1.29 is 24.2 Å². The van der Waals surface area contributed by atoms with E-state index in [4.69, 9.17) is 9.47 Å². The van der Waals surface area contributed by atoms with Gasteiger partial charge >= 0.3 is 0 Å². The molecule has 200 valence electrons. The third-order valence-electron chi connectivity index (χ3n) is 7.24. The van der Waals surface area contributed by atoms with Crippen LogP contribution in [0, 0.1) is 11.8 Å². The zero-order chi connectivity index (χ0) is 26.5. The third-order valence-corrected chi connectivity index (χ3v) is 7.24. The molecule has 0 spiro atoms. The van der Waals surface area contributed by atoms with Gasteiger partial charge in [-0.1, -0.05) is 19.1 Å². The van der Waals surface area contributed by atoms with E-state index in [1.807, 2.05) is 37.3 Å². The summed E-state index contributed by atoms with van der Waals surface area (Å²) in [6.07, 6.45) is 1.81. The van der Waals surface area contributed by atoms with Crippen LogP contribution in [-0.2, 0) is 22.6 Å². The smallest absolute Gasteiger partial charge is 0.227 e. The molecule has 1 aliphatic heterocycles. The molecule has 2 N–H and O–H groups in total. The Labute approximate surface area is 219 Å². The largest absolute Gasteiger partial charge is 0.497 e. The molecule has 1 aliphatic carbocycles. The molecule has 1 saturated carbocycles. The molecule has 2 aliphatic rings. The molecule has 8 heteroatoms. The third kappa shape index (κ3) is 7.02. The number of benzene rings is 2. The quantitative estimate of drug-likeness (QED) is 0.539. The standard InChI is InChI=1S/C29H39N3O5/c1-19-15-32(20(2)18-33)28(34)14-23-13-24(30-29(35)22-7-8-22)9-12-26(23)37-27(19)17-31(3)16-21-5-10-25(36-4)11-6-21/h5-6,9-13,19-20,22,27,33H,7-8,14-18H2,1-4H3,(H,30,35)/t19-,20-,27+/m1/s1. The Morgan fingerprint density at radius 3 is 2.62 bits per heavy atom. The van der Waals surface area contributed by atoms with E-state index in [-0.39, 0.29) is 48.8 Å². The highest BCUT2D eigenvalue weighted by atomic mass is 16.5. The summed E-state index contributed by atoms with van der Waals surface area (Å²) < 4.78 is 11.9. The van der Waals surface area contributed by atoms with E-state index in [9.17, 15) is 14.7 Å². The Morgan fingerprint density at radius 2 is 1.97 bits per heavy atom. The van der Waals surface area contributed by atoms with Crippen LogP contribution in [0.5, 0.6) is 11.5 Å². The summed E-state index contributed by atoms with van der Waals surface area (Å²) in [4.78, 5) is 29.6. The lowest BCUT2D eigenvalue weighted by atomic mass is 10.0. The summed E-state index contributed by atoms with van der Waals surface area (Å²) in [6.45, 7) is 5.73. The molecule has 0 radical (unpaired) electrons. The van der Waals surface area contributed by atoms with E-state index < -0.39 is 0 Å². The Kier molecular flexibility index (Phi) is 8.71. The second-order valence-electron chi connectivity index (χ2n) is 10.5. The molecule has 8 nitrogen and oxygen atoms in total. The monoisotopic (exact) mass is 509 g/mol. The lowest BCUT2D eigenvalue weighted by Gasteiger charge is -2.34. The molecule has 0 bridgehead atoms. The van der Waals surface area contributed by atoms with E-state index in [0.717, 1.165) is 30.7 Å². The maximum Gasteiger partial charge on any atom is 0.227 e. The minimum Gasteiger partial charge on any atom is -0.497 e. The number of fused-ring (bicyclic) bond motifs is 1. The van der Waals surface area contributed by atoms with Crippen molar-refractivity contribution in [2.24, 2.45) is 11.8 Å². The number of methoxy groups -OCH3 is 1. The highest BCUT2D eigenvalue weighted by Crippen LogP contribution is 2.32. The fraction of sp³-hybridized carbons (Fsp3) is 0.517. The number of hydrogen-bond acceptors (Lipinski definition) is 6. The van der Waals surface area contributed by atoms with Crippen LogP contribution in [0.15, 0.2) is 42.5 Å². The highest BCUT2D eigenvalue weighted by molar-refractivity contribution is 5.94. The highest BCUT2D eigenvalue weighted by Gasteiger charge is 2.32. The van der Waals surface area contributed by atoms with Crippen LogP contribution in [0.4, 0.5) is 5.69 Å². The number of anilines is 1. The molecule has 3 atom stereocenters. The van der Waals surface area contributed by atoms with Gasteiger partial charge in [-0.15, -0.1) is 0 Å². The van der Waals surface area contributed by atoms with E-state index >= 15 is 0 Å². The fourth-order valence-electron chi connectivity index (χ4n) is 4.73. The first-order valence-corrected chi connectivity index (χ1v) is 13.1. The van der Waals surface area contributed by atoms with Crippen molar-refractivity contribution in [3.05, 3.63) is 53.6 Å². The van der Waals surface area contributed by atoms with Crippen LogP contribution in [-0.4, -0.2) is 72.7 Å². The molecule has 2 aromatic rings. The first kappa shape index (κ1) is 26.9. The zero-order valence-electron chi connectivity index (χ0n) is 22.3. The molecule has 4 rings (SSSR count). The predicted octanol–water partition coefficient (Wildman–Crippen LogP) is 3.32. The Hall–Kier alpha value is -3.10. The maximum absolute atomic E-state index is 13.4. The van der Waals surface area contributed by atoms with Crippen molar-refractivity contribution in [3.63, 3.8) is 0 Å². The molecular formula is C29H39N3O5. The van der Waals surface area contributed by atoms with E-state index in [0.29, 0.717) is 24.5 Å². The van der Waals surface area contributed by atoms with Gasteiger partial charge in [-0.2, -0.15) is 0 Å². The van der Waals surface area contributed by atoms with Gasteiger partial charge in [0.25, 0.3) is 0 Å². The average molecular weight is 510 g/mol. The lowest BCUT2D eigenvalue weighted by molar-refractivity contribution is -0.134. The van der Waals surface area contributed by atoms with Crippen molar-refractivity contribution in [1.82, 2.24) is 9.80 Å². The molecule has 1 fully saturated rings. The number of ether oxygens (including phenoxy) is 2. The van der Waals surface area contributed by atoms with Gasteiger partial charge in [0.2, 0.25) is 11.8 Å². The molecule has 37 heavy (non-hydrogen) atoms. The molecule has 0 aromatic heterocycles. The van der Waals surface area contributed by atoms with Crippen LogP contribution < -0.4 is 14.8 Å². The average Bonchev–Trinajstić information content (AvgIpc) is 3.73. The van der Waals surface area contributed by atoms with Crippen molar-refractivity contribution in [2.75, 3.05) is 39.2 Å². The Morgan fingerprint density at radius 1 is 1.24 bits per heavy atom. The number of aliphatic hydroxyl groups excluding tert-OH is 1. The second kappa shape index (κ2) is 12.0. The summed E-state index contributed by atoms with van der Waals surface area (Å²) in [7, 11) is 3.72. The minimum atomic E-state index is -0.299. The number of hydrogen-bond donors (Lipinski definition) is 2. The lowest BCUT2D eigenvalue weighted by Crippen LogP contribution is -2.47. The minimum absolute atomic E-state index is 0.0245. The summed E-state index contributed by atoms with van der Waals surface area (Å²) >= 11 is 0. The Bertz CT molecular complexity index is 1090. The number of aliphatic hydroxyl groups is 1. The number of nitrogens with zero attached hydrogens (tertiary/aromatic N) is 2. The maximum atomic E-state index is 13.4. The van der Waals surface area contributed by atoms with E-state index in [1.54, 1.807) is 12.0 Å². The van der Waals surface area contributed by atoms with Gasteiger partial charge in [0.05, 0.1) is 26.2 Å². The van der Waals surface area contributed by atoms with Gasteiger partial charge in [0.1, 0.15) is 17.6 Å². The molecular weight excluding hydrogens is 470 g/mol. The fourth-order valence-corrected chi connectivity index (χ4v) is 4.73. The van der Waals surface area contributed by atoms with Crippen LogP contribution in [0.25, 0.3) is 0 Å². The zero-order valence-corrected chi connectivity index (χ0v) is 22.3. The number of rotatable bonds is 9. The second-order valence-corrected chi connectivity index (χ2v) is 10.5. The van der Waals surface area contributed by atoms with Gasteiger partial charge in [-0.25, -0.2) is 0 Å². The van der Waals surface area contributed by atoms with Gasteiger partial charge in [0, 0.05) is 42.7 Å². The molecule has 2 aromatic carbocycles. The van der Waals surface area contributed by atoms with Gasteiger partial charge in [-0.05, 0) is 62.7 Å². The van der Waals surface area contributed by atoms with Gasteiger partial charge in [0.15, 0.2) is 0 Å². The summed E-state index contributed by atoms with van der Waals surface area (Å²) in [6, 6.07) is 13.3. The predicted molar refractivity (Wildman–Crippen MR) is 143 cm³/mol. The summed E-state index contributed by atoms with van der Waals surface area (Å²) in [5.41, 5.74) is 2.58. The molecule has 0 saturated heterocycles. The SMILES string of the molecule is COc1ccc(CN(C)C[C@@H]2Oc3ccc(NC(=O)C4CC4)cc3CC(=O)N([C@H](C)CO)C[C@H]2C)cc1. The van der Waals surface area contributed by atoms with Crippen LogP contribution in [0.2, 0.25) is 0 Å². The molecule has 1 heterocycles. The molecule has 0 unspecified atom stereocenters. The normalized spacial score (nSPS) is 20.8. The van der Waals surface area contributed by atoms with E-state index in [1.165, 1.54) is 5.56 Å². The number of amides is 2. The number of likely N-dealkylation sites (N-methyl/N-ethyl adjacent to an activating group) is 1. The topological polar surface area (TPSA) is 91.3 Å². The first-order chi connectivity index (χ1) is 17.8. The van der Waals surface area contributed by atoms with E-state index in [2.05, 4.69) is 36.3 Å². The van der Waals surface area contributed by atoms with Crippen molar-refractivity contribution in [3.8, 4) is 11.5 Å². The number of carbonyl (C=O) groups excluding carboxylic acids is 2. The Balaban J connectivity index is 1.56. The van der Waals surface area contributed by atoms with Gasteiger partial charge < -0.3 is 24.8 Å². The van der Waals surface area contributed by atoms with Crippen molar-refractivity contribution >= 4 is 17.5 Å². The van der Waals surface area contributed by atoms with Crippen LogP contribution in [0.3, 0.4) is 0 Å². The van der Waals surface area contributed by atoms with Crippen LogP contribution >= 0.6 is 0 Å². The number of nitrogens with one attached hydrogen (secondary N) is 1. The first-order valence-electron chi connectivity index (χ1n) is 13.1. The molecule has 2 amide bonds. The van der Waals surface area contributed by atoms with Gasteiger partial charge in [-0.3, -0.25) is 14.5 Å². The summed E-state index contributed by atoms with van der Waals surface area (Å²) in [5.74, 6) is 1.57. The summed E-state index contributed by atoms with van der Waals surface area (Å²) in [5, 5.41) is 12.8. The van der Waals surface area contributed by atoms with Crippen LogP contribution in [0.1, 0.15) is 37.8 Å². The van der Waals surface area contributed by atoms with Crippen molar-refractivity contribution in [1.29, 1.82) is 0 Å².